The summed E-state index contributed by atoms with van der Waals surface area (Å²) >= 11 is 0. The molecule has 1 fully saturated rings. The minimum absolute atomic E-state index is 0.207. The second-order valence-electron chi connectivity index (χ2n) is 6.36. The van der Waals surface area contributed by atoms with Gasteiger partial charge in [0.15, 0.2) is 12.4 Å². The highest BCUT2D eigenvalue weighted by Crippen LogP contribution is 2.36. The average Bonchev–Trinajstić information content (AvgIpc) is 3.14. The van der Waals surface area contributed by atoms with Gasteiger partial charge in [-0.25, -0.2) is 4.79 Å². The number of anilines is 1. The van der Waals surface area contributed by atoms with Gasteiger partial charge >= 0.3 is 5.97 Å². The second-order valence-corrected chi connectivity index (χ2v) is 6.36. The van der Waals surface area contributed by atoms with Gasteiger partial charge in [0.2, 0.25) is 11.8 Å². The van der Waals surface area contributed by atoms with Gasteiger partial charge in [-0.1, -0.05) is 17.3 Å². The van der Waals surface area contributed by atoms with Crippen LogP contribution >= 0.6 is 0 Å². The number of aromatic nitrogens is 1. The van der Waals surface area contributed by atoms with Crippen LogP contribution in [0.2, 0.25) is 0 Å². The topological polar surface area (TPSA) is 119 Å². The number of aryl methyl sites for hydroxylation is 1. The molecular formula is C17H19N3O6. The number of hydrogen-bond donors (Lipinski definition) is 1. The van der Waals surface area contributed by atoms with Crippen molar-refractivity contribution in [1.82, 2.24) is 10.1 Å². The molecule has 0 unspecified atom stereocenters. The molecule has 9 nitrogen and oxygen atoms in total. The van der Waals surface area contributed by atoms with Crippen molar-refractivity contribution in [2.24, 2.45) is 11.8 Å². The van der Waals surface area contributed by atoms with Gasteiger partial charge in [-0.05, 0) is 26.7 Å². The van der Waals surface area contributed by atoms with Crippen LogP contribution in [0.4, 0.5) is 5.82 Å². The molecule has 2 heterocycles. The van der Waals surface area contributed by atoms with E-state index >= 15 is 0 Å². The fourth-order valence-corrected chi connectivity index (χ4v) is 3.17. The molecule has 9 heteroatoms. The summed E-state index contributed by atoms with van der Waals surface area (Å²) in [4.78, 5) is 49.8. The quantitative estimate of drug-likeness (QED) is 0.468. The summed E-state index contributed by atoms with van der Waals surface area (Å²) in [6, 6.07) is 0.433. The third-order valence-electron chi connectivity index (χ3n) is 4.51. The Bertz CT molecular complexity index is 757. The Morgan fingerprint density at radius 2 is 1.92 bits per heavy atom. The predicted molar refractivity (Wildman–Crippen MR) is 87.5 cm³/mol. The van der Waals surface area contributed by atoms with Crippen LogP contribution in [0.5, 0.6) is 0 Å². The molecule has 0 spiro atoms. The van der Waals surface area contributed by atoms with Gasteiger partial charge in [-0.3, -0.25) is 19.3 Å². The number of rotatable bonds is 5. The van der Waals surface area contributed by atoms with Crippen molar-refractivity contribution in [3.05, 3.63) is 24.0 Å². The van der Waals surface area contributed by atoms with E-state index in [1.54, 1.807) is 6.92 Å². The molecule has 3 rings (SSSR count). The second kappa shape index (κ2) is 7.11. The smallest absolute Gasteiger partial charge is 0.329 e. The Kier molecular flexibility index (Phi) is 4.88. The van der Waals surface area contributed by atoms with Crippen LogP contribution in [-0.4, -0.2) is 46.4 Å². The molecule has 0 saturated carbocycles. The van der Waals surface area contributed by atoms with Gasteiger partial charge in [0.1, 0.15) is 11.8 Å². The van der Waals surface area contributed by atoms with Crippen molar-refractivity contribution < 1.29 is 28.4 Å². The number of carbonyl (C=O) groups excluding carboxylic acids is 4. The van der Waals surface area contributed by atoms with Gasteiger partial charge in [0, 0.05) is 6.07 Å². The predicted octanol–water partition coefficient (Wildman–Crippen LogP) is 0.804. The van der Waals surface area contributed by atoms with Gasteiger partial charge in [-0.15, -0.1) is 0 Å². The fraction of sp³-hybridized carbons (Fsp3) is 0.471. The Balaban J connectivity index is 1.55. The first-order valence-electron chi connectivity index (χ1n) is 8.30. The molecule has 1 aromatic heterocycles. The summed E-state index contributed by atoms with van der Waals surface area (Å²) in [6.07, 6.45) is 4.73. The molecule has 1 N–H and O–H groups in total. The van der Waals surface area contributed by atoms with Crippen molar-refractivity contribution >= 4 is 29.5 Å². The molecule has 1 aliphatic carbocycles. The molecule has 3 amide bonds. The summed E-state index contributed by atoms with van der Waals surface area (Å²) in [5.74, 6) is -2.25. The lowest BCUT2D eigenvalue weighted by Gasteiger charge is -2.21. The highest BCUT2D eigenvalue weighted by molar-refractivity contribution is 6.08. The SMILES string of the molecule is Cc1cc(NC(=O)COC(=O)[C@@H](C)N2C(=O)[C@H]3CC=CC[C@@H]3C2=O)no1. The first-order chi connectivity index (χ1) is 12.4. The number of allylic oxidation sites excluding steroid dienone is 2. The average molecular weight is 361 g/mol. The van der Waals surface area contributed by atoms with Gasteiger partial charge in [-0.2, -0.15) is 0 Å². The van der Waals surface area contributed by atoms with Crippen LogP contribution in [0.15, 0.2) is 22.7 Å². The number of carbonyl (C=O) groups is 4. The molecule has 2 aliphatic rings. The third-order valence-corrected chi connectivity index (χ3v) is 4.51. The first-order valence-corrected chi connectivity index (χ1v) is 8.30. The summed E-state index contributed by atoms with van der Waals surface area (Å²) in [5.41, 5.74) is 0. The monoisotopic (exact) mass is 361 g/mol. The summed E-state index contributed by atoms with van der Waals surface area (Å²) in [5, 5.41) is 6.00. The molecule has 0 bridgehead atoms. The number of imide groups is 1. The minimum atomic E-state index is -1.08. The Morgan fingerprint density at radius 3 is 2.46 bits per heavy atom. The molecule has 138 valence electrons. The largest absolute Gasteiger partial charge is 0.454 e. The van der Waals surface area contributed by atoms with Crippen molar-refractivity contribution in [3.8, 4) is 0 Å². The van der Waals surface area contributed by atoms with E-state index in [2.05, 4.69) is 10.5 Å². The van der Waals surface area contributed by atoms with E-state index in [0.29, 0.717) is 18.6 Å². The zero-order valence-corrected chi connectivity index (χ0v) is 14.4. The molecule has 0 radical (unpaired) electrons. The molecule has 1 aliphatic heterocycles. The van der Waals surface area contributed by atoms with Crippen molar-refractivity contribution in [1.29, 1.82) is 0 Å². The minimum Gasteiger partial charge on any atom is -0.454 e. The molecule has 0 aromatic carbocycles. The lowest BCUT2D eigenvalue weighted by atomic mass is 9.85. The molecule has 26 heavy (non-hydrogen) atoms. The lowest BCUT2D eigenvalue weighted by Crippen LogP contribution is -2.45. The van der Waals surface area contributed by atoms with Crippen molar-refractivity contribution in [2.75, 3.05) is 11.9 Å². The zero-order chi connectivity index (χ0) is 18.8. The Morgan fingerprint density at radius 1 is 1.31 bits per heavy atom. The molecular weight excluding hydrogens is 342 g/mol. The molecule has 1 aromatic rings. The number of nitrogens with one attached hydrogen (secondary N) is 1. The van der Waals surface area contributed by atoms with Crippen LogP contribution in [-0.2, 0) is 23.9 Å². The first kappa shape index (κ1) is 17.8. The third kappa shape index (κ3) is 3.37. The van der Waals surface area contributed by atoms with E-state index < -0.39 is 36.4 Å². The van der Waals surface area contributed by atoms with E-state index in [1.807, 2.05) is 12.2 Å². The van der Waals surface area contributed by atoms with E-state index in [-0.39, 0.29) is 17.6 Å². The molecule has 1 saturated heterocycles. The van der Waals surface area contributed by atoms with Gasteiger partial charge in [0.05, 0.1) is 11.8 Å². The van der Waals surface area contributed by atoms with Crippen LogP contribution in [0.25, 0.3) is 0 Å². The number of ether oxygens (including phenoxy) is 1. The van der Waals surface area contributed by atoms with Crippen LogP contribution in [0.1, 0.15) is 25.5 Å². The van der Waals surface area contributed by atoms with Crippen molar-refractivity contribution in [2.45, 2.75) is 32.7 Å². The standard InChI is InChI=1S/C17H19N3O6/c1-9-7-13(19-26-9)18-14(21)8-25-17(24)10(2)20-15(22)11-5-3-4-6-12(11)16(20)23/h3-4,7,10-12H,5-6,8H2,1-2H3,(H,18,19,21)/t10-,11+,12+/m1/s1. The van der Waals surface area contributed by atoms with Crippen LogP contribution in [0, 0.1) is 18.8 Å². The van der Waals surface area contributed by atoms with E-state index in [9.17, 15) is 19.2 Å². The maximum absolute atomic E-state index is 12.4. The maximum Gasteiger partial charge on any atom is 0.329 e. The van der Waals surface area contributed by atoms with Crippen molar-refractivity contribution in [3.63, 3.8) is 0 Å². The van der Waals surface area contributed by atoms with E-state index in [4.69, 9.17) is 9.26 Å². The van der Waals surface area contributed by atoms with E-state index in [0.717, 1.165) is 4.90 Å². The number of fused-ring (bicyclic) bond motifs is 1. The number of amides is 3. The fourth-order valence-electron chi connectivity index (χ4n) is 3.17. The summed E-state index contributed by atoms with van der Waals surface area (Å²) in [6.45, 7) is 2.53. The zero-order valence-electron chi connectivity index (χ0n) is 14.4. The van der Waals surface area contributed by atoms with Crippen LogP contribution in [0.3, 0.4) is 0 Å². The Labute approximate surface area is 149 Å². The van der Waals surface area contributed by atoms with E-state index in [1.165, 1.54) is 13.0 Å². The summed E-state index contributed by atoms with van der Waals surface area (Å²) < 4.78 is 9.74. The summed E-state index contributed by atoms with van der Waals surface area (Å²) in [7, 11) is 0. The number of likely N-dealkylation sites (tertiary alicyclic amines) is 1. The number of nitrogens with zero attached hydrogens (tertiary/aromatic N) is 2. The number of esters is 1. The highest BCUT2D eigenvalue weighted by Gasteiger charge is 2.50. The van der Waals surface area contributed by atoms with Gasteiger partial charge < -0.3 is 14.6 Å². The molecule has 3 atom stereocenters. The maximum atomic E-state index is 12.4. The number of hydrogen-bond acceptors (Lipinski definition) is 7. The highest BCUT2D eigenvalue weighted by atomic mass is 16.5. The lowest BCUT2D eigenvalue weighted by molar-refractivity contribution is -0.159. The van der Waals surface area contributed by atoms with Crippen LogP contribution < -0.4 is 5.32 Å². The normalized spacial score (nSPS) is 22.9. The Hall–Kier alpha value is -2.97. The van der Waals surface area contributed by atoms with Gasteiger partial charge in [0.25, 0.3) is 5.91 Å².